The van der Waals surface area contributed by atoms with Crippen LogP contribution in [-0.4, -0.2) is 78.3 Å². The Morgan fingerprint density at radius 1 is 1.41 bits per heavy atom. The Labute approximate surface area is 164 Å². The van der Waals surface area contributed by atoms with Crippen molar-refractivity contribution in [1.82, 2.24) is 19.1 Å². The maximum Gasteiger partial charge on any atom is 0.273 e. The number of hydrogen-bond acceptors (Lipinski definition) is 7. The van der Waals surface area contributed by atoms with Crippen LogP contribution < -0.4 is 0 Å². The number of thiazole rings is 1. The van der Waals surface area contributed by atoms with Gasteiger partial charge in [0.25, 0.3) is 5.91 Å². The van der Waals surface area contributed by atoms with Crippen molar-refractivity contribution in [2.24, 2.45) is 11.8 Å². The number of rotatable bonds is 5. The van der Waals surface area contributed by atoms with Crippen molar-refractivity contribution in [3.05, 3.63) is 16.1 Å². The maximum atomic E-state index is 13.1. The van der Waals surface area contributed by atoms with Crippen molar-refractivity contribution in [1.29, 1.82) is 0 Å². The number of likely N-dealkylation sites (tertiary alicyclic amines) is 1. The molecule has 0 radical (unpaired) electrons. The highest BCUT2D eigenvalue weighted by Gasteiger charge is 2.58. The number of carbonyl (C=O) groups is 2. The summed E-state index contributed by atoms with van der Waals surface area (Å²) in [6.45, 7) is 4.87. The molecule has 3 rings (SSSR count). The predicted octanol–water partition coefficient (Wildman–Crippen LogP) is 0.862. The van der Waals surface area contributed by atoms with Gasteiger partial charge < -0.3 is 9.80 Å². The molecule has 1 aromatic heterocycles. The SMILES string of the molecule is CC(C)[C@H]1C(=O)N(S(C)(=O)=O)[C@H]2CCN(C(=O)c3csc(CN(C)C)n3)[C@H]12. The van der Waals surface area contributed by atoms with E-state index in [1.807, 2.05) is 32.8 Å². The summed E-state index contributed by atoms with van der Waals surface area (Å²) in [5.41, 5.74) is 0.366. The third-order valence-electron chi connectivity index (χ3n) is 5.15. The molecule has 2 fully saturated rings. The zero-order valence-electron chi connectivity index (χ0n) is 16.2. The van der Waals surface area contributed by atoms with Gasteiger partial charge in [0.2, 0.25) is 15.9 Å². The van der Waals surface area contributed by atoms with Crippen LogP contribution in [0.15, 0.2) is 5.38 Å². The summed E-state index contributed by atoms with van der Waals surface area (Å²) in [4.78, 5) is 34.0. The number of carbonyl (C=O) groups excluding carboxylic acids is 2. The van der Waals surface area contributed by atoms with Crippen molar-refractivity contribution >= 4 is 33.2 Å². The first-order valence-electron chi connectivity index (χ1n) is 8.95. The number of fused-ring (bicyclic) bond motifs is 1. The van der Waals surface area contributed by atoms with Gasteiger partial charge >= 0.3 is 0 Å². The van der Waals surface area contributed by atoms with Crippen molar-refractivity contribution in [2.45, 2.75) is 38.9 Å². The Balaban J connectivity index is 1.91. The van der Waals surface area contributed by atoms with Gasteiger partial charge in [-0.05, 0) is 26.4 Å². The van der Waals surface area contributed by atoms with E-state index in [4.69, 9.17) is 0 Å². The first-order chi connectivity index (χ1) is 12.5. The molecule has 0 unspecified atom stereocenters. The Hall–Kier alpha value is -1.52. The number of nitrogens with zero attached hydrogens (tertiary/aromatic N) is 4. The average molecular weight is 415 g/mol. The van der Waals surface area contributed by atoms with E-state index in [1.165, 1.54) is 11.3 Å². The second-order valence-electron chi connectivity index (χ2n) is 7.88. The minimum atomic E-state index is -3.67. The molecule has 3 atom stereocenters. The largest absolute Gasteiger partial charge is 0.331 e. The summed E-state index contributed by atoms with van der Waals surface area (Å²) in [7, 11) is 0.203. The van der Waals surface area contributed by atoms with E-state index in [9.17, 15) is 18.0 Å². The Morgan fingerprint density at radius 3 is 2.63 bits per heavy atom. The molecule has 0 aliphatic carbocycles. The quantitative estimate of drug-likeness (QED) is 0.710. The van der Waals surface area contributed by atoms with Crippen LogP contribution in [0.3, 0.4) is 0 Å². The molecule has 150 valence electrons. The van der Waals surface area contributed by atoms with Crippen molar-refractivity contribution in [2.75, 3.05) is 26.9 Å². The molecule has 0 spiro atoms. The molecule has 2 aliphatic rings. The molecular weight excluding hydrogens is 388 g/mol. The Bertz CT molecular complexity index is 849. The van der Waals surface area contributed by atoms with Gasteiger partial charge in [-0.2, -0.15) is 0 Å². The van der Waals surface area contributed by atoms with Gasteiger partial charge in [0.05, 0.1) is 24.3 Å². The van der Waals surface area contributed by atoms with E-state index in [-0.39, 0.29) is 11.8 Å². The van der Waals surface area contributed by atoms with E-state index in [0.717, 1.165) is 15.6 Å². The highest BCUT2D eigenvalue weighted by Crippen LogP contribution is 2.41. The van der Waals surface area contributed by atoms with Crippen LogP contribution in [0.1, 0.15) is 35.8 Å². The highest BCUT2D eigenvalue weighted by molar-refractivity contribution is 7.88. The van der Waals surface area contributed by atoms with E-state index in [2.05, 4.69) is 4.98 Å². The average Bonchev–Trinajstić information content (AvgIpc) is 3.18. The molecule has 2 aliphatic heterocycles. The monoisotopic (exact) mass is 414 g/mol. The molecule has 27 heavy (non-hydrogen) atoms. The molecule has 2 amide bonds. The summed E-state index contributed by atoms with van der Waals surface area (Å²) < 4.78 is 25.4. The molecule has 2 saturated heterocycles. The van der Waals surface area contributed by atoms with Gasteiger partial charge in [0.1, 0.15) is 10.7 Å². The standard InChI is InChI=1S/C17H26N4O4S2/c1-10(2)14-15-12(21(17(14)23)27(5,24)25)6-7-20(15)16(22)11-9-26-13(18-11)8-19(3)4/h9-10,12,14-15H,6-8H2,1-5H3/t12-,14+,15-/m0/s1. The molecule has 0 aromatic carbocycles. The number of sulfonamides is 1. The highest BCUT2D eigenvalue weighted by atomic mass is 32.2. The second kappa shape index (κ2) is 7.14. The van der Waals surface area contributed by atoms with Gasteiger partial charge in [0, 0.05) is 18.5 Å². The molecular formula is C17H26N4O4S2. The van der Waals surface area contributed by atoms with E-state index < -0.39 is 33.9 Å². The predicted molar refractivity (Wildman–Crippen MR) is 103 cm³/mol. The minimum absolute atomic E-state index is 0.0649. The molecule has 3 heterocycles. The molecule has 0 N–H and O–H groups in total. The van der Waals surface area contributed by atoms with E-state index in [0.29, 0.717) is 25.2 Å². The molecule has 1 aromatic rings. The summed E-state index contributed by atoms with van der Waals surface area (Å²) in [5, 5.41) is 2.59. The fourth-order valence-electron chi connectivity index (χ4n) is 4.17. The third kappa shape index (κ3) is 3.62. The second-order valence-corrected chi connectivity index (χ2v) is 10.7. The lowest BCUT2D eigenvalue weighted by atomic mass is 9.88. The van der Waals surface area contributed by atoms with Gasteiger partial charge in [-0.15, -0.1) is 11.3 Å². The van der Waals surface area contributed by atoms with Gasteiger partial charge in [-0.25, -0.2) is 17.7 Å². The summed E-state index contributed by atoms with van der Waals surface area (Å²) in [5.74, 6) is -1.20. The van der Waals surface area contributed by atoms with Crippen LogP contribution in [0.4, 0.5) is 0 Å². The van der Waals surface area contributed by atoms with Crippen LogP contribution in [0.25, 0.3) is 0 Å². The number of hydrogen-bond donors (Lipinski definition) is 0. The maximum absolute atomic E-state index is 13.1. The number of amides is 2. The molecule has 10 heteroatoms. The third-order valence-corrected chi connectivity index (χ3v) is 7.15. The number of aromatic nitrogens is 1. The van der Waals surface area contributed by atoms with Crippen molar-refractivity contribution in [3.8, 4) is 0 Å². The smallest absolute Gasteiger partial charge is 0.273 e. The first kappa shape index (κ1) is 20.2. The lowest BCUT2D eigenvalue weighted by Crippen LogP contribution is -2.44. The summed E-state index contributed by atoms with van der Waals surface area (Å²) in [6.07, 6.45) is 1.52. The van der Waals surface area contributed by atoms with Crippen molar-refractivity contribution in [3.63, 3.8) is 0 Å². The fraction of sp³-hybridized carbons (Fsp3) is 0.706. The zero-order chi connectivity index (χ0) is 20.1. The topological polar surface area (TPSA) is 90.9 Å². The van der Waals surface area contributed by atoms with E-state index in [1.54, 1.807) is 10.3 Å². The van der Waals surface area contributed by atoms with Crippen LogP contribution in [0.2, 0.25) is 0 Å². The van der Waals surface area contributed by atoms with Gasteiger partial charge in [0.15, 0.2) is 0 Å². The summed E-state index contributed by atoms with van der Waals surface area (Å²) in [6, 6.07) is -0.914. The lowest BCUT2D eigenvalue weighted by Gasteiger charge is -2.28. The van der Waals surface area contributed by atoms with Crippen LogP contribution in [-0.2, 0) is 21.4 Å². The zero-order valence-corrected chi connectivity index (χ0v) is 17.9. The van der Waals surface area contributed by atoms with Gasteiger partial charge in [-0.3, -0.25) is 9.59 Å². The fourth-order valence-corrected chi connectivity index (χ4v) is 6.23. The molecule has 0 bridgehead atoms. The van der Waals surface area contributed by atoms with Crippen LogP contribution >= 0.6 is 11.3 Å². The van der Waals surface area contributed by atoms with Crippen LogP contribution in [0, 0.1) is 11.8 Å². The summed E-state index contributed by atoms with van der Waals surface area (Å²) >= 11 is 1.43. The van der Waals surface area contributed by atoms with Crippen LogP contribution in [0.5, 0.6) is 0 Å². The first-order valence-corrected chi connectivity index (χ1v) is 11.7. The normalized spacial score (nSPS) is 25.7. The minimum Gasteiger partial charge on any atom is -0.331 e. The molecule has 8 nitrogen and oxygen atoms in total. The lowest BCUT2D eigenvalue weighted by molar-refractivity contribution is -0.129. The Morgan fingerprint density at radius 2 is 2.07 bits per heavy atom. The van der Waals surface area contributed by atoms with Gasteiger partial charge in [-0.1, -0.05) is 13.8 Å². The van der Waals surface area contributed by atoms with Crippen molar-refractivity contribution < 1.29 is 18.0 Å². The Kier molecular flexibility index (Phi) is 5.35. The molecule has 0 saturated carbocycles. The van der Waals surface area contributed by atoms with E-state index >= 15 is 0 Å².